The van der Waals surface area contributed by atoms with Gasteiger partial charge in [0.15, 0.2) is 11.2 Å². The number of rotatable bonds is 3. The smallest absolute Gasteiger partial charge is 0.330 e. The number of aromatic amines is 1. The molecule has 10 heteroatoms. The predicted molar refractivity (Wildman–Crippen MR) is 101 cm³/mol. The molecule has 4 rings (SSSR count). The Morgan fingerprint density at radius 2 is 2.11 bits per heavy atom. The van der Waals surface area contributed by atoms with Gasteiger partial charge in [-0.2, -0.15) is 0 Å². The molecular formula is C18H17ClFN5O3. The van der Waals surface area contributed by atoms with Gasteiger partial charge in [0.1, 0.15) is 5.82 Å². The molecule has 1 saturated heterocycles. The van der Waals surface area contributed by atoms with Crippen LogP contribution in [0.3, 0.4) is 0 Å². The SMILES string of the molecule is O=c1[nH]c2nccnc2c(=O)n1C[C@@H]1CNCCO[C@H]1c1ccc(Cl)c(F)c1. The molecule has 8 nitrogen and oxygen atoms in total. The van der Waals surface area contributed by atoms with E-state index in [9.17, 15) is 14.0 Å². The molecule has 1 fully saturated rings. The van der Waals surface area contributed by atoms with E-state index in [0.717, 1.165) is 4.57 Å². The summed E-state index contributed by atoms with van der Waals surface area (Å²) in [5.74, 6) is -0.842. The molecule has 2 aromatic heterocycles. The van der Waals surface area contributed by atoms with Gasteiger partial charge in [-0.1, -0.05) is 17.7 Å². The Kier molecular flexibility index (Phi) is 5.21. The van der Waals surface area contributed by atoms with Gasteiger partial charge in [-0.05, 0) is 17.7 Å². The van der Waals surface area contributed by atoms with Crippen molar-refractivity contribution in [3.8, 4) is 0 Å². The summed E-state index contributed by atoms with van der Waals surface area (Å²) in [7, 11) is 0. The van der Waals surface area contributed by atoms with Gasteiger partial charge in [0.2, 0.25) is 0 Å². The second-order valence-electron chi connectivity index (χ2n) is 6.53. The van der Waals surface area contributed by atoms with Gasteiger partial charge in [-0.15, -0.1) is 0 Å². The first kappa shape index (κ1) is 18.7. The van der Waals surface area contributed by atoms with Crippen molar-refractivity contribution in [3.63, 3.8) is 0 Å². The average Bonchev–Trinajstić information content (AvgIpc) is 2.93. The van der Waals surface area contributed by atoms with E-state index in [1.165, 1.54) is 24.5 Å². The Morgan fingerprint density at radius 1 is 1.29 bits per heavy atom. The highest BCUT2D eigenvalue weighted by atomic mass is 35.5. The maximum atomic E-state index is 14.0. The number of hydrogen-bond donors (Lipinski definition) is 2. The third-order valence-electron chi connectivity index (χ3n) is 4.72. The number of ether oxygens (including phenoxy) is 1. The van der Waals surface area contributed by atoms with Crippen LogP contribution in [0.25, 0.3) is 11.2 Å². The Hall–Kier alpha value is -2.62. The third kappa shape index (κ3) is 3.56. The summed E-state index contributed by atoms with van der Waals surface area (Å²) in [6.07, 6.45) is 2.28. The first-order valence-corrected chi connectivity index (χ1v) is 9.13. The van der Waals surface area contributed by atoms with Gasteiger partial charge in [-0.25, -0.2) is 19.2 Å². The average molecular weight is 406 g/mol. The molecule has 146 valence electrons. The zero-order valence-electron chi connectivity index (χ0n) is 14.7. The highest BCUT2D eigenvalue weighted by Gasteiger charge is 2.28. The summed E-state index contributed by atoms with van der Waals surface area (Å²) < 4.78 is 21.0. The van der Waals surface area contributed by atoms with Crippen molar-refractivity contribution in [3.05, 3.63) is 67.8 Å². The fourth-order valence-corrected chi connectivity index (χ4v) is 3.50. The van der Waals surface area contributed by atoms with Gasteiger partial charge in [0.05, 0.1) is 17.7 Å². The van der Waals surface area contributed by atoms with Crippen LogP contribution in [0, 0.1) is 11.7 Å². The molecule has 1 aliphatic rings. The number of nitrogens with one attached hydrogen (secondary N) is 2. The zero-order chi connectivity index (χ0) is 19.7. The summed E-state index contributed by atoms with van der Waals surface area (Å²) in [6.45, 7) is 1.58. The molecule has 0 radical (unpaired) electrons. The monoisotopic (exact) mass is 405 g/mol. The molecule has 2 atom stereocenters. The Morgan fingerprint density at radius 3 is 2.93 bits per heavy atom. The van der Waals surface area contributed by atoms with E-state index in [4.69, 9.17) is 16.3 Å². The number of H-pyrrole nitrogens is 1. The van der Waals surface area contributed by atoms with Gasteiger partial charge in [0, 0.05) is 37.9 Å². The Balaban J connectivity index is 1.74. The number of hydrogen-bond acceptors (Lipinski definition) is 6. The van der Waals surface area contributed by atoms with Crippen LogP contribution >= 0.6 is 11.6 Å². The summed E-state index contributed by atoms with van der Waals surface area (Å²) in [4.78, 5) is 35.8. The molecule has 3 aromatic rings. The maximum Gasteiger partial charge on any atom is 0.330 e. The minimum Gasteiger partial charge on any atom is -0.372 e. The van der Waals surface area contributed by atoms with Crippen molar-refractivity contribution in [1.29, 1.82) is 0 Å². The van der Waals surface area contributed by atoms with Crippen molar-refractivity contribution in [1.82, 2.24) is 24.8 Å². The molecule has 0 aliphatic carbocycles. The summed E-state index contributed by atoms with van der Waals surface area (Å²) in [5.41, 5.74) is -0.292. The van der Waals surface area contributed by atoms with Crippen LogP contribution in [0.2, 0.25) is 5.02 Å². The number of halogens is 2. The summed E-state index contributed by atoms with van der Waals surface area (Å²) in [6, 6.07) is 4.48. The van der Waals surface area contributed by atoms with E-state index in [-0.39, 0.29) is 28.6 Å². The number of aromatic nitrogens is 4. The molecule has 2 N–H and O–H groups in total. The van der Waals surface area contributed by atoms with Gasteiger partial charge < -0.3 is 10.1 Å². The molecule has 0 spiro atoms. The van der Waals surface area contributed by atoms with Crippen molar-refractivity contribution in [2.75, 3.05) is 19.7 Å². The van der Waals surface area contributed by atoms with Gasteiger partial charge in [-0.3, -0.25) is 14.3 Å². The standard InChI is InChI=1S/C18H17ClFN5O3/c19-12-2-1-10(7-13(12)20)15-11(8-21-5-6-28-15)9-25-17(26)14-16(24-18(25)27)23-4-3-22-14/h1-4,7,11,15,21H,5-6,8-9H2,(H,23,24,27)/t11-,15-/m0/s1. The first-order chi connectivity index (χ1) is 13.5. The van der Waals surface area contributed by atoms with Crippen LogP contribution < -0.4 is 16.6 Å². The van der Waals surface area contributed by atoms with Crippen molar-refractivity contribution in [2.24, 2.45) is 5.92 Å². The minimum absolute atomic E-state index is 0.0211. The van der Waals surface area contributed by atoms with E-state index in [0.29, 0.717) is 25.3 Å². The number of nitrogens with zero attached hydrogens (tertiary/aromatic N) is 3. The fraction of sp³-hybridized carbons (Fsp3) is 0.333. The largest absolute Gasteiger partial charge is 0.372 e. The van der Waals surface area contributed by atoms with Crippen LogP contribution in [-0.2, 0) is 11.3 Å². The first-order valence-electron chi connectivity index (χ1n) is 8.75. The molecular weight excluding hydrogens is 389 g/mol. The Labute approximate surface area is 163 Å². The Bertz CT molecular complexity index is 1130. The second kappa shape index (κ2) is 7.78. The zero-order valence-corrected chi connectivity index (χ0v) is 15.4. The molecule has 0 unspecified atom stereocenters. The van der Waals surface area contributed by atoms with E-state index >= 15 is 0 Å². The van der Waals surface area contributed by atoms with Crippen LogP contribution in [-0.4, -0.2) is 39.2 Å². The van der Waals surface area contributed by atoms with Crippen LogP contribution in [0.1, 0.15) is 11.7 Å². The van der Waals surface area contributed by atoms with Crippen LogP contribution in [0.4, 0.5) is 4.39 Å². The number of fused-ring (bicyclic) bond motifs is 1. The lowest BCUT2D eigenvalue weighted by Crippen LogP contribution is -2.40. The lowest BCUT2D eigenvalue weighted by atomic mass is 9.95. The molecule has 0 saturated carbocycles. The lowest BCUT2D eigenvalue weighted by molar-refractivity contribution is 0.0245. The molecule has 0 amide bonds. The molecule has 3 heterocycles. The molecule has 28 heavy (non-hydrogen) atoms. The predicted octanol–water partition coefficient (Wildman–Crippen LogP) is 1.25. The van der Waals surface area contributed by atoms with Crippen molar-refractivity contribution in [2.45, 2.75) is 12.6 Å². The van der Waals surface area contributed by atoms with Gasteiger partial charge >= 0.3 is 5.69 Å². The number of benzene rings is 1. The topological polar surface area (TPSA) is 102 Å². The summed E-state index contributed by atoms with van der Waals surface area (Å²) >= 11 is 5.78. The van der Waals surface area contributed by atoms with Crippen LogP contribution in [0.15, 0.2) is 40.2 Å². The third-order valence-corrected chi connectivity index (χ3v) is 5.02. The van der Waals surface area contributed by atoms with Crippen molar-refractivity contribution < 1.29 is 9.13 Å². The summed E-state index contributed by atoms with van der Waals surface area (Å²) in [5, 5.41) is 3.24. The quantitative estimate of drug-likeness (QED) is 0.680. The minimum atomic E-state index is -0.580. The molecule has 1 aromatic carbocycles. The fourth-order valence-electron chi connectivity index (χ4n) is 3.38. The lowest BCUT2D eigenvalue weighted by Gasteiger charge is -2.25. The van der Waals surface area contributed by atoms with Crippen LogP contribution in [0.5, 0.6) is 0 Å². The van der Waals surface area contributed by atoms with E-state index < -0.39 is 23.2 Å². The van der Waals surface area contributed by atoms with E-state index in [1.807, 2.05) is 0 Å². The molecule has 1 aliphatic heterocycles. The second-order valence-corrected chi connectivity index (χ2v) is 6.94. The van der Waals surface area contributed by atoms with Gasteiger partial charge in [0.25, 0.3) is 5.56 Å². The normalized spacial score (nSPS) is 20.2. The van der Waals surface area contributed by atoms with Crippen molar-refractivity contribution >= 4 is 22.8 Å². The highest BCUT2D eigenvalue weighted by Crippen LogP contribution is 2.30. The molecule has 0 bridgehead atoms. The van der Waals surface area contributed by atoms with E-state index in [1.54, 1.807) is 6.07 Å². The maximum absolute atomic E-state index is 14.0. The highest BCUT2D eigenvalue weighted by molar-refractivity contribution is 6.30. The van der Waals surface area contributed by atoms with E-state index in [2.05, 4.69) is 20.3 Å².